The van der Waals surface area contributed by atoms with Crippen molar-refractivity contribution in [3.8, 4) is 11.3 Å². The summed E-state index contributed by atoms with van der Waals surface area (Å²) in [5, 5.41) is 12.3. The average Bonchev–Trinajstić information content (AvgIpc) is 3.30. The maximum absolute atomic E-state index is 12.7. The molecule has 1 heterocycles. The van der Waals surface area contributed by atoms with Crippen LogP contribution in [0.1, 0.15) is 12.2 Å². The molecule has 0 aliphatic heterocycles. The van der Waals surface area contributed by atoms with Gasteiger partial charge in [-0.2, -0.15) is 0 Å². The van der Waals surface area contributed by atoms with Crippen molar-refractivity contribution in [2.45, 2.75) is 13.3 Å². The number of aliphatic carboxylic acids is 1. The molecule has 5 heteroatoms. The molecule has 128 valence electrons. The fourth-order valence-electron chi connectivity index (χ4n) is 4.05. The van der Waals surface area contributed by atoms with Crippen LogP contribution in [0.25, 0.3) is 11.3 Å². The van der Waals surface area contributed by atoms with Crippen molar-refractivity contribution in [1.82, 2.24) is 0 Å². The summed E-state index contributed by atoms with van der Waals surface area (Å²) in [7, 11) is 0. The van der Waals surface area contributed by atoms with Crippen LogP contribution in [0.5, 0.6) is 0 Å². The van der Waals surface area contributed by atoms with Crippen LogP contribution in [0.3, 0.4) is 0 Å². The van der Waals surface area contributed by atoms with Crippen molar-refractivity contribution in [3.63, 3.8) is 0 Å². The highest BCUT2D eigenvalue weighted by Crippen LogP contribution is 2.48. The van der Waals surface area contributed by atoms with E-state index < -0.39 is 17.8 Å². The molecule has 4 rings (SSSR count). The lowest BCUT2D eigenvalue weighted by Crippen LogP contribution is -2.36. The molecule has 0 unspecified atom stereocenters. The molecule has 2 N–H and O–H groups in total. The van der Waals surface area contributed by atoms with Gasteiger partial charge < -0.3 is 14.8 Å². The number of benzene rings is 1. The number of nitrogens with one attached hydrogen (secondary N) is 1. The zero-order valence-electron chi connectivity index (χ0n) is 13.8. The highest BCUT2D eigenvalue weighted by molar-refractivity contribution is 5.96. The Hall–Kier alpha value is -2.82. The summed E-state index contributed by atoms with van der Waals surface area (Å²) >= 11 is 0. The minimum atomic E-state index is -0.888. The van der Waals surface area contributed by atoms with Gasteiger partial charge in [0.25, 0.3) is 0 Å². The van der Waals surface area contributed by atoms with Crippen molar-refractivity contribution in [1.29, 1.82) is 0 Å². The number of hydrogen-bond acceptors (Lipinski definition) is 3. The van der Waals surface area contributed by atoms with E-state index >= 15 is 0 Å². The number of anilines is 1. The summed E-state index contributed by atoms with van der Waals surface area (Å²) in [5.41, 5.74) is 1.59. The highest BCUT2D eigenvalue weighted by Gasteiger charge is 2.51. The van der Waals surface area contributed by atoms with Crippen LogP contribution in [-0.2, 0) is 9.59 Å². The normalized spacial score (nSPS) is 26.8. The zero-order chi connectivity index (χ0) is 17.6. The number of carboxylic acids is 1. The maximum Gasteiger partial charge on any atom is 0.307 e. The molecule has 0 saturated heterocycles. The molecule has 2 aromatic rings. The lowest BCUT2D eigenvalue weighted by molar-refractivity contribution is -0.146. The van der Waals surface area contributed by atoms with E-state index in [9.17, 15) is 14.7 Å². The number of aryl methyl sites for hydroxylation is 1. The second-order valence-corrected chi connectivity index (χ2v) is 6.82. The number of amides is 1. The minimum absolute atomic E-state index is 0.0245. The molecule has 0 spiro atoms. The van der Waals surface area contributed by atoms with Crippen LogP contribution in [0.2, 0.25) is 0 Å². The Morgan fingerprint density at radius 1 is 1.04 bits per heavy atom. The Balaban J connectivity index is 1.49. The van der Waals surface area contributed by atoms with Gasteiger partial charge in [-0.25, -0.2) is 0 Å². The molecule has 1 aromatic heterocycles. The first-order valence-electron chi connectivity index (χ1n) is 8.42. The Kier molecular flexibility index (Phi) is 3.71. The van der Waals surface area contributed by atoms with Crippen LogP contribution in [-0.4, -0.2) is 17.0 Å². The first-order chi connectivity index (χ1) is 12.0. The quantitative estimate of drug-likeness (QED) is 0.834. The lowest BCUT2D eigenvalue weighted by Gasteiger charge is -2.23. The SMILES string of the molecule is Cc1ccc(-c2ccc(NC(=O)[C@@H]3[C@@H](C(=O)O)[C@H]4C=C[C@@H]3C4)cc2)o1. The summed E-state index contributed by atoms with van der Waals surface area (Å²) < 4.78 is 5.59. The van der Waals surface area contributed by atoms with E-state index in [2.05, 4.69) is 5.32 Å². The summed E-state index contributed by atoms with van der Waals surface area (Å²) in [6.07, 6.45) is 4.68. The maximum atomic E-state index is 12.7. The average molecular weight is 337 g/mol. The van der Waals surface area contributed by atoms with Crippen molar-refractivity contribution >= 4 is 17.6 Å². The van der Waals surface area contributed by atoms with E-state index in [0.717, 1.165) is 23.5 Å². The molecule has 0 radical (unpaired) electrons. The number of carboxylic acid groups (broad SMARTS) is 1. The molecule has 2 bridgehead atoms. The van der Waals surface area contributed by atoms with E-state index in [1.807, 2.05) is 55.5 Å². The summed E-state index contributed by atoms with van der Waals surface area (Å²) in [5.74, 6) is -0.609. The van der Waals surface area contributed by atoms with E-state index in [1.54, 1.807) is 0 Å². The predicted octanol–water partition coefficient (Wildman–Crippen LogP) is 3.72. The van der Waals surface area contributed by atoms with Crippen molar-refractivity contribution < 1.29 is 19.1 Å². The number of hydrogen-bond donors (Lipinski definition) is 2. The number of rotatable bonds is 4. The fourth-order valence-corrected chi connectivity index (χ4v) is 4.05. The minimum Gasteiger partial charge on any atom is -0.481 e. The lowest BCUT2D eigenvalue weighted by atomic mass is 9.82. The number of furan rings is 1. The summed E-state index contributed by atoms with van der Waals surface area (Å²) in [6, 6.07) is 11.2. The van der Waals surface area contributed by atoms with Gasteiger partial charge in [0.05, 0.1) is 11.8 Å². The largest absolute Gasteiger partial charge is 0.481 e. The molecule has 1 amide bonds. The van der Waals surface area contributed by atoms with Gasteiger partial charge >= 0.3 is 5.97 Å². The van der Waals surface area contributed by atoms with E-state index in [-0.39, 0.29) is 17.7 Å². The van der Waals surface area contributed by atoms with Crippen molar-refractivity contribution in [3.05, 3.63) is 54.3 Å². The Labute approximate surface area is 145 Å². The third kappa shape index (κ3) is 2.76. The first kappa shape index (κ1) is 15.7. The van der Waals surface area contributed by atoms with E-state index in [0.29, 0.717) is 5.69 Å². The Morgan fingerprint density at radius 3 is 2.32 bits per heavy atom. The van der Waals surface area contributed by atoms with Gasteiger partial charge in [0.15, 0.2) is 0 Å². The topological polar surface area (TPSA) is 79.5 Å². The van der Waals surface area contributed by atoms with Gasteiger partial charge in [-0.3, -0.25) is 9.59 Å². The molecule has 1 aromatic carbocycles. The third-order valence-electron chi connectivity index (χ3n) is 5.22. The summed E-state index contributed by atoms with van der Waals surface area (Å²) in [4.78, 5) is 24.2. The molecule has 1 fully saturated rings. The highest BCUT2D eigenvalue weighted by atomic mass is 16.4. The Bertz CT molecular complexity index is 849. The smallest absolute Gasteiger partial charge is 0.307 e. The molecule has 25 heavy (non-hydrogen) atoms. The standard InChI is InChI=1S/C20H19NO4/c1-11-2-9-16(25-11)12-5-7-15(8-6-12)21-19(22)17-13-3-4-14(10-13)18(17)20(23)24/h2-9,13-14,17-18H,10H2,1H3,(H,21,22)(H,23,24)/t13-,14+,17+,18+/m1/s1. The molecule has 5 nitrogen and oxygen atoms in total. The van der Waals surface area contributed by atoms with Gasteiger partial charge in [-0.15, -0.1) is 0 Å². The van der Waals surface area contributed by atoms with Gasteiger partial charge in [0.2, 0.25) is 5.91 Å². The molecule has 2 aliphatic rings. The van der Waals surface area contributed by atoms with Gasteiger partial charge in [0, 0.05) is 11.3 Å². The third-order valence-corrected chi connectivity index (χ3v) is 5.22. The number of fused-ring (bicyclic) bond motifs is 2. The van der Waals surface area contributed by atoms with E-state index in [1.165, 1.54) is 0 Å². The van der Waals surface area contributed by atoms with Crippen LogP contribution in [0.4, 0.5) is 5.69 Å². The van der Waals surface area contributed by atoms with Crippen LogP contribution in [0, 0.1) is 30.6 Å². The van der Waals surface area contributed by atoms with E-state index in [4.69, 9.17) is 4.42 Å². The molecule has 4 atom stereocenters. The fraction of sp³-hybridized carbons (Fsp3) is 0.300. The van der Waals surface area contributed by atoms with Gasteiger partial charge in [0.1, 0.15) is 11.5 Å². The Morgan fingerprint density at radius 2 is 1.72 bits per heavy atom. The van der Waals surface area contributed by atoms with Crippen LogP contribution in [0.15, 0.2) is 53.0 Å². The van der Waals surface area contributed by atoms with Crippen molar-refractivity contribution in [2.75, 3.05) is 5.32 Å². The van der Waals surface area contributed by atoms with Crippen LogP contribution < -0.4 is 5.32 Å². The summed E-state index contributed by atoms with van der Waals surface area (Å²) in [6.45, 7) is 1.89. The second kappa shape index (κ2) is 5.92. The van der Waals surface area contributed by atoms with Crippen LogP contribution >= 0.6 is 0 Å². The molecule has 2 aliphatic carbocycles. The van der Waals surface area contributed by atoms with Crippen molar-refractivity contribution in [2.24, 2.45) is 23.7 Å². The number of carbonyl (C=O) groups excluding carboxylic acids is 1. The second-order valence-electron chi connectivity index (χ2n) is 6.82. The monoisotopic (exact) mass is 337 g/mol. The first-order valence-corrected chi connectivity index (χ1v) is 8.42. The van der Waals surface area contributed by atoms with Gasteiger partial charge in [-0.05, 0) is 61.6 Å². The number of allylic oxidation sites excluding steroid dienone is 2. The zero-order valence-corrected chi connectivity index (χ0v) is 13.8. The molecular formula is C20H19NO4. The molecular weight excluding hydrogens is 318 g/mol. The number of carbonyl (C=O) groups is 2. The van der Waals surface area contributed by atoms with Gasteiger partial charge in [-0.1, -0.05) is 12.2 Å². The predicted molar refractivity (Wildman–Crippen MR) is 92.9 cm³/mol. The molecule has 1 saturated carbocycles.